The van der Waals surface area contributed by atoms with Gasteiger partial charge in [0.2, 0.25) is 11.8 Å². The van der Waals surface area contributed by atoms with Crippen molar-refractivity contribution in [3.8, 4) is 11.5 Å². The largest absolute Gasteiger partial charge is 0.508 e. The molecule has 1 aliphatic rings. The number of benzene rings is 2. The first kappa shape index (κ1) is 19.8. The lowest BCUT2D eigenvalue weighted by molar-refractivity contribution is -0.121. The molecule has 7 nitrogen and oxygen atoms in total. The number of carbonyl (C=O) groups excluding carboxylic acids is 3. The normalized spacial score (nSPS) is 16.4. The summed E-state index contributed by atoms with van der Waals surface area (Å²) in [6.07, 6.45) is -0.122. The highest BCUT2D eigenvalue weighted by atomic mass is 32.2. The maximum atomic E-state index is 12.7. The molecule has 2 aromatic rings. The van der Waals surface area contributed by atoms with Crippen LogP contribution in [0.15, 0.2) is 42.5 Å². The standard InChI is InChI=1S/C20H20N2O5S/c1-3-27-15-7-4-13(5-8-15)22-19(25)17(28-20(22)26)11-18(24)21-16-9-6-14(23)10-12(16)2/h4-10,17,23H,3,11H2,1-2H3,(H,21,24). The van der Waals surface area contributed by atoms with Crippen molar-refractivity contribution in [1.29, 1.82) is 0 Å². The fourth-order valence-electron chi connectivity index (χ4n) is 2.84. The molecule has 0 spiro atoms. The summed E-state index contributed by atoms with van der Waals surface area (Å²) in [7, 11) is 0. The average Bonchev–Trinajstić information content (AvgIpc) is 2.92. The number of hydrogen-bond donors (Lipinski definition) is 2. The van der Waals surface area contributed by atoms with Gasteiger partial charge in [-0.05, 0) is 73.6 Å². The zero-order valence-corrected chi connectivity index (χ0v) is 16.3. The van der Waals surface area contributed by atoms with Gasteiger partial charge in [0, 0.05) is 12.1 Å². The van der Waals surface area contributed by atoms with Gasteiger partial charge in [-0.15, -0.1) is 0 Å². The first-order valence-electron chi connectivity index (χ1n) is 8.76. The van der Waals surface area contributed by atoms with Crippen molar-refractivity contribution in [2.75, 3.05) is 16.8 Å². The van der Waals surface area contributed by atoms with Crippen LogP contribution in [0.1, 0.15) is 18.9 Å². The van der Waals surface area contributed by atoms with Crippen LogP contribution < -0.4 is 15.0 Å². The van der Waals surface area contributed by atoms with Gasteiger partial charge < -0.3 is 15.2 Å². The van der Waals surface area contributed by atoms with E-state index in [2.05, 4.69) is 5.32 Å². The maximum absolute atomic E-state index is 12.7. The number of amides is 3. The van der Waals surface area contributed by atoms with E-state index in [-0.39, 0.29) is 18.1 Å². The SMILES string of the molecule is CCOc1ccc(N2C(=O)SC(CC(=O)Nc3ccc(O)cc3C)C2=O)cc1. The number of carbonyl (C=O) groups is 3. The van der Waals surface area contributed by atoms with Gasteiger partial charge in [0.05, 0.1) is 12.3 Å². The zero-order valence-electron chi connectivity index (χ0n) is 15.5. The highest BCUT2D eigenvalue weighted by Crippen LogP contribution is 2.34. The minimum Gasteiger partial charge on any atom is -0.508 e. The number of imide groups is 1. The lowest BCUT2D eigenvalue weighted by Gasteiger charge is -2.15. The quantitative estimate of drug-likeness (QED) is 0.718. The molecule has 0 aliphatic carbocycles. The minimum absolute atomic E-state index is 0.105. The smallest absolute Gasteiger partial charge is 0.293 e. The van der Waals surface area contributed by atoms with Gasteiger partial charge in [-0.3, -0.25) is 14.4 Å². The lowest BCUT2D eigenvalue weighted by atomic mass is 10.1. The Morgan fingerprint density at radius 1 is 1.21 bits per heavy atom. The molecule has 0 radical (unpaired) electrons. The molecule has 28 heavy (non-hydrogen) atoms. The second kappa shape index (κ2) is 8.35. The van der Waals surface area contributed by atoms with Crippen molar-refractivity contribution in [3.05, 3.63) is 48.0 Å². The molecule has 146 valence electrons. The second-order valence-electron chi connectivity index (χ2n) is 6.22. The third-order valence-corrected chi connectivity index (χ3v) is 5.22. The van der Waals surface area contributed by atoms with Crippen LogP contribution in [0.4, 0.5) is 16.2 Å². The van der Waals surface area contributed by atoms with Crippen molar-refractivity contribution in [2.45, 2.75) is 25.5 Å². The highest BCUT2D eigenvalue weighted by molar-refractivity contribution is 8.15. The Morgan fingerprint density at radius 3 is 2.57 bits per heavy atom. The fourth-order valence-corrected chi connectivity index (χ4v) is 3.82. The Labute approximate surface area is 166 Å². The molecule has 2 aromatic carbocycles. The molecule has 1 aliphatic heterocycles. The number of nitrogens with one attached hydrogen (secondary N) is 1. The van der Waals surface area contributed by atoms with E-state index in [0.717, 1.165) is 16.7 Å². The number of thioether (sulfide) groups is 1. The van der Waals surface area contributed by atoms with Gasteiger partial charge in [0.15, 0.2) is 0 Å². The molecule has 3 rings (SSSR count). The molecule has 1 fully saturated rings. The van der Waals surface area contributed by atoms with E-state index in [0.29, 0.717) is 29.3 Å². The number of phenolic OH excluding ortho intramolecular Hbond substituents is 1. The summed E-state index contributed by atoms with van der Waals surface area (Å²) >= 11 is 0.842. The molecule has 0 saturated carbocycles. The van der Waals surface area contributed by atoms with E-state index in [1.165, 1.54) is 12.1 Å². The van der Waals surface area contributed by atoms with Crippen LogP contribution in [0.2, 0.25) is 0 Å². The number of aromatic hydroxyl groups is 1. The maximum Gasteiger partial charge on any atom is 0.293 e. The number of nitrogens with zero attached hydrogens (tertiary/aromatic N) is 1. The number of rotatable bonds is 6. The van der Waals surface area contributed by atoms with Gasteiger partial charge in [0.25, 0.3) is 5.24 Å². The predicted molar refractivity (Wildman–Crippen MR) is 108 cm³/mol. The fraction of sp³-hybridized carbons (Fsp3) is 0.250. The second-order valence-corrected chi connectivity index (χ2v) is 7.38. The summed E-state index contributed by atoms with van der Waals surface area (Å²) in [6.45, 7) is 4.14. The van der Waals surface area contributed by atoms with Crippen molar-refractivity contribution in [1.82, 2.24) is 0 Å². The third kappa shape index (κ3) is 4.28. The van der Waals surface area contributed by atoms with E-state index in [1.807, 2.05) is 6.92 Å². The Hall–Kier alpha value is -3.00. The van der Waals surface area contributed by atoms with E-state index in [9.17, 15) is 19.5 Å². The van der Waals surface area contributed by atoms with E-state index < -0.39 is 16.4 Å². The molecule has 2 N–H and O–H groups in total. The summed E-state index contributed by atoms with van der Waals surface area (Å²) in [5, 5.41) is 11.0. The van der Waals surface area contributed by atoms with Crippen LogP contribution in [0.5, 0.6) is 11.5 Å². The van der Waals surface area contributed by atoms with Crippen molar-refractivity contribution >= 4 is 40.2 Å². The molecule has 3 amide bonds. The Balaban J connectivity index is 1.66. The van der Waals surface area contributed by atoms with Gasteiger partial charge in [0.1, 0.15) is 16.7 Å². The van der Waals surface area contributed by atoms with Gasteiger partial charge in [-0.25, -0.2) is 4.90 Å². The van der Waals surface area contributed by atoms with Crippen LogP contribution in [0, 0.1) is 6.92 Å². The summed E-state index contributed by atoms with van der Waals surface area (Å²) in [5.41, 5.74) is 1.70. The van der Waals surface area contributed by atoms with Crippen LogP contribution in [-0.4, -0.2) is 34.0 Å². The Morgan fingerprint density at radius 2 is 1.93 bits per heavy atom. The number of aryl methyl sites for hydroxylation is 1. The Kier molecular flexibility index (Phi) is 5.89. The summed E-state index contributed by atoms with van der Waals surface area (Å²) in [6, 6.07) is 11.3. The predicted octanol–water partition coefficient (Wildman–Crippen LogP) is 3.70. The van der Waals surface area contributed by atoms with Crippen molar-refractivity contribution in [2.24, 2.45) is 0 Å². The first-order valence-corrected chi connectivity index (χ1v) is 9.64. The van der Waals surface area contributed by atoms with E-state index in [1.54, 1.807) is 37.3 Å². The Bertz CT molecular complexity index is 913. The van der Waals surface area contributed by atoms with Crippen LogP contribution in [-0.2, 0) is 9.59 Å². The molecule has 0 bridgehead atoms. The number of anilines is 2. The number of phenols is 1. The van der Waals surface area contributed by atoms with Crippen LogP contribution >= 0.6 is 11.8 Å². The summed E-state index contributed by atoms with van der Waals surface area (Å²) < 4.78 is 5.36. The van der Waals surface area contributed by atoms with E-state index in [4.69, 9.17) is 4.74 Å². The summed E-state index contributed by atoms with van der Waals surface area (Å²) in [5.74, 6) is -0.0375. The third-order valence-electron chi connectivity index (χ3n) is 4.18. The van der Waals surface area contributed by atoms with Crippen molar-refractivity contribution < 1.29 is 24.2 Å². The zero-order chi connectivity index (χ0) is 20.3. The van der Waals surface area contributed by atoms with Crippen molar-refractivity contribution in [3.63, 3.8) is 0 Å². The average molecular weight is 400 g/mol. The molecule has 1 heterocycles. The monoisotopic (exact) mass is 400 g/mol. The lowest BCUT2D eigenvalue weighted by Crippen LogP contribution is -2.33. The molecule has 8 heteroatoms. The van der Waals surface area contributed by atoms with E-state index >= 15 is 0 Å². The highest BCUT2D eigenvalue weighted by Gasteiger charge is 2.41. The molecular formula is C20H20N2O5S. The molecule has 1 unspecified atom stereocenters. The molecular weight excluding hydrogens is 380 g/mol. The topological polar surface area (TPSA) is 95.9 Å². The molecule has 1 atom stereocenters. The van der Waals surface area contributed by atoms with Gasteiger partial charge in [-0.1, -0.05) is 0 Å². The summed E-state index contributed by atoms with van der Waals surface area (Å²) in [4.78, 5) is 38.4. The minimum atomic E-state index is -0.781. The number of hydrogen-bond acceptors (Lipinski definition) is 6. The number of ether oxygens (including phenoxy) is 1. The van der Waals surface area contributed by atoms with Crippen LogP contribution in [0.25, 0.3) is 0 Å². The first-order chi connectivity index (χ1) is 13.4. The van der Waals surface area contributed by atoms with Gasteiger partial charge >= 0.3 is 0 Å². The van der Waals surface area contributed by atoms with Crippen LogP contribution in [0.3, 0.4) is 0 Å². The molecule has 0 aromatic heterocycles. The van der Waals surface area contributed by atoms with Gasteiger partial charge in [-0.2, -0.15) is 0 Å². The molecule has 1 saturated heterocycles.